The molecule has 2 aromatic carbocycles. The number of hydrogen-bond donors (Lipinski definition) is 1. The number of rotatable bonds is 5. The molecule has 0 saturated carbocycles. The first-order valence-corrected chi connectivity index (χ1v) is 10.4. The van der Waals surface area contributed by atoms with Gasteiger partial charge in [-0.3, -0.25) is 0 Å². The predicted molar refractivity (Wildman–Crippen MR) is 115 cm³/mol. The van der Waals surface area contributed by atoms with Gasteiger partial charge in [-0.05, 0) is 56.9 Å². The third-order valence-corrected chi connectivity index (χ3v) is 6.11. The number of hydrogen-bond acceptors (Lipinski definition) is 2. The number of halogens is 1. The van der Waals surface area contributed by atoms with Crippen molar-refractivity contribution in [2.45, 2.75) is 45.2 Å². The van der Waals surface area contributed by atoms with Crippen LogP contribution in [0.3, 0.4) is 0 Å². The highest BCUT2D eigenvalue weighted by atomic mass is 79.9. The zero-order valence-electron chi connectivity index (χ0n) is 16.6. The second kappa shape index (κ2) is 7.97. The average Bonchev–Trinajstić information content (AvgIpc) is 2.68. The first-order valence-electron chi connectivity index (χ1n) is 9.57. The van der Waals surface area contributed by atoms with Gasteiger partial charge >= 0.3 is 6.03 Å². The highest BCUT2D eigenvalue weighted by Gasteiger charge is 2.44. The molecule has 0 bridgehead atoms. The Bertz CT molecular complexity index is 873. The Balaban J connectivity index is 1.88. The monoisotopic (exact) mass is 439 g/mol. The van der Waals surface area contributed by atoms with Crippen molar-refractivity contribution >= 4 is 22.0 Å². The van der Waals surface area contributed by atoms with Crippen LogP contribution in [-0.4, -0.2) is 17.5 Å². The lowest BCUT2D eigenvalue weighted by molar-refractivity contribution is 0.109. The molecule has 1 heterocycles. The van der Waals surface area contributed by atoms with Gasteiger partial charge in [0.15, 0.2) is 0 Å². The molecule has 0 unspecified atom stereocenters. The van der Waals surface area contributed by atoms with Crippen molar-refractivity contribution in [3.63, 3.8) is 0 Å². The van der Waals surface area contributed by atoms with Gasteiger partial charge in [-0.1, -0.05) is 58.4 Å². The molecule has 5 heteroatoms. The largest absolute Gasteiger partial charge is 0.328 e. The SMILES string of the molecule is C[C@@H](c1ccc(Br)cc1)N1CC[C@](CC(C)(C)C#N)(c2ccccc2)NC1=O. The van der Waals surface area contributed by atoms with Crippen molar-refractivity contribution in [2.75, 3.05) is 6.54 Å². The maximum Gasteiger partial charge on any atom is 0.318 e. The quantitative estimate of drug-likeness (QED) is 0.643. The fourth-order valence-electron chi connectivity index (χ4n) is 4.04. The maximum atomic E-state index is 13.2. The molecule has 1 fully saturated rings. The third-order valence-electron chi connectivity index (χ3n) is 5.58. The van der Waals surface area contributed by atoms with E-state index < -0.39 is 11.0 Å². The summed E-state index contributed by atoms with van der Waals surface area (Å²) in [5.74, 6) is 0. The van der Waals surface area contributed by atoms with Crippen molar-refractivity contribution in [1.29, 1.82) is 5.26 Å². The zero-order chi connectivity index (χ0) is 20.4. The normalized spacial score (nSPS) is 21.0. The van der Waals surface area contributed by atoms with Gasteiger partial charge in [-0.2, -0.15) is 5.26 Å². The first kappa shape index (κ1) is 20.4. The second-order valence-electron chi connectivity index (χ2n) is 8.22. The Morgan fingerprint density at radius 2 is 1.86 bits per heavy atom. The molecule has 28 heavy (non-hydrogen) atoms. The van der Waals surface area contributed by atoms with Crippen LogP contribution in [0.2, 0.25) is 0 Å². The van der Waals surface area contributed by atoms with Crippen LogP contribution in [0.25, 0.3) is 0 Å². The second-order valence-corrected chi connectivity index (χ2v) is 9.14. The van der Waals surface area contributed by atoms with Crippen LogP contribution in [0.4, 0.5) is 4.79 Å². The number of carbonyl (C=O) groups is 1. The number of benzene rings is 2. The van der Waals surface area contributed by atoms with E-state index in [2.05, 4.69) is 34.2 Å². The molecule has 0 aromatic heterocycles. The summed E-state index contributed by atoms with van der Waals surface area (Å²) in [7, 11) is 0. The molecule has 2 amide bonds. The summed E-state index contributed by atoms with van der Waals surface area (Å²) in [5, 5.41) is 12.9. The van der Waals surface area contributed by atoms with Gasteiger partial charge in [0.1, 0.15) is 0 Å². The summed E-state index contributed by atoms with van der Waals surface area (Å²) in [6.07, 6.45) is 1.33. The van der Waals surface area contributed by atoms with E-state index in [4.69, 9.17) is 0 Å². The molecule has 2 atom stereocenters. The van der Waals surface area contributed by atoms with Gasteiger partial charge in [0.05, 0.1) is 23.1 Å². The molecule has 1 N–H and O–H groups in total. The third kappa shape index (κ3) is 4.23. The van der Waals surface area contributed by atoms with Gasteiger partial charge in [0.25, 0.3) is 0 Å². The minimum Gasteiger partial charge on any atom is -0.328 e. The molecule has 0 radical (unpaired) electrons. The van der Waals surface area contributed by atoms with E-state index in [-0.39, 0.29) is 12.1 Å². The van der Waals surface area contributed by atoms with Gasteiger partial charge in [-0.15, -0.1) is 0 Å². The number of nitrogens with one attached hydrogen (secondary N) is 1. The van der Waals surface area contributed by atoms with E-state index in [1.807, 2.05) is 73.3 Å². The van der Waals surface area contributed by atoms with Crippen LogP contribution in [0.15, 0.2) is 59.1 Å². The highest BCUT2D eigenvalue weighted by Crippen LogP contribution is 2.40. The van der Waals surface area contributed by atoms with Crippen molar-refractivity contribution in [3.8, 4) is 6.07 Å². The molecule has 1 aliphatic heterocycles. The van der Waals surface area contributed by atoms with Gasteiger partial charge in [0, 0.05) is 11.0 Å². The summed E-state index contributed by atoms with van der Waals surface area (Å²) >= 11 is 3.46. The Labute approximate surface area is 175 Å². The minimum absolute atomic E-state index is 0.0224. The number of carbonyl (C=O) groups excluding carboxylic acids is 1. The van der Waals surface area contributed by atoms with E-state index >= 15 is 0 Å². The van der Waals surface area contributed by atoms with E-state index in [1.165, 1.54) is 0 Å². The Morgan fingerprint density at radius 3 is 2.43 bits per heavy atom. The summed E-state index contributed by atoms with van der Waals surface area (Å²) in [4.78, 5) is 15.0. The minimum atomic E-state index is -0.539. The predicted octanol–water partition coefficient (Wildman–Crippen LogP) is 5.76. The first-order chi connectivity index (χ1) is 13.3. The van der Waals surface area contributed by atoms with E-state index in [0.29, 0.717) is 13.0 Å². The van der Waals surface area contributed by atoms with Crippen LogP contribution < -0.4 is 5.32 Å². The van der Waals surface area contributed by atoms with Crippen LogP contribution in [-0.2, 0) is 5.54 Å². The molecule has 3 rings (SSSR count). The average molecular weight is 440 g/mol. The number of nitrogens with zero attached hydrogens (tertiary/aromatic N) is 2. The molecule has 2 aromatic rings. The summed E-state index contributed by atoms with van der Waals surface area (Å²) in [6.45, 7) is 6.55. The fraction of sp³-hybridized carbons (Fsp3) is 0.391. The lowest BCUT2D eigenvalue weighted by Gasteiger charge is -2.46. The number of amides is 2. The molecule has 4 nitrogen and oxygen atoms in total. The van der Waals surface area contributed by atoms with E-state index in [9.17, 15) is 10.1 Å². The standard InChI is InChI=1S/C23H26BrN3O/c1-17(18-9-11-20(24)12-10-18)27-14-13-23(26-21(27)28,15-22(2,3)16-25)19-7-5-4-6-8-19/h4-12,17H,13-15H2,1-3H3,(H,26,28)/t17-,23-/m0/s1. The van der Waals surface area contributed by atoms with E-state index in [1.54, 1.807) is 0 Å². The van der Waals surface area contributed by atoms with Gasteiger partial charge in [-0.25, -0.2) is 4.79 Å². The molecular formula is C23H26BrN3O. The lowest BCUT2D eigenvalue weighted by atomic mass is 9.73. The Hall–Kier alpha value is -2.32. The van der Waals surface area contributed by atoms with Crippen molar-refractivity contribution in [2.24, 2.45) is 5.41 Å². The maximum absolute atomic E-state index is 13.2. The summed E-state index contributed by atoms with van der Waals surface area (Å²) in [5.41, 5.74) is 1.08. The van der Waals surface area contributed by atoms with Crippen LogP contribution in [0, 0.1) is 16.7 Å². The van der Waals surface area contributed by atoms with Crippen LogP contribution >= 0.6 is 15.9 Å². The highest BCUT2D eigenvalue weighted by molar-refractivity contribution is 9.10. The topological polar surface area (TPSA) is 56.1 Å². The molecule has 1 aliphatic rings. The molecule has 146 valence electrons. The number of urea groups is 1. The fourth-order valence-corrected chi connectivity index (χ4v) is 4.31. The Morgan fingerprint density at radius 1 is 1.21 bits per heavy atom. The Kier molecular flexibility index (Phi) is 5.81. The van der Waals surface area contributed by atoms with Crippen LogP contribution in [0.5, 0.6) is 0 Å². The van der Waals surface area contributed by atoms with Gasteiger partial charge < -0.3 is 10.2 Å². The molecule has 1 saturated heterocycles. The van der Waals surface area contributed by atoms with E-state index in [0.717, 1.165) is 22.0 Å². The zero-order valence-corrected chi connectivity index (χ0v) is 18.2. The molecule has 0 spiro atoms. The van der Waals surface area contributed by atoms with Crippen molar-refractivity contribution < 1.29 is 4.79 Å². The summed E-state index contributed by atoms with van der Waals surface area (Å²) < 4.78 is 1.02. The number of nitriles is 1. The molecular weight excluding hydrogens is 414 g/mol. The molecule has 0 aliphatic carbocycles. The van der Waals surface area contributed by atoms with Crippen molar-refractivity contribution in [3.05, 3.63) is 70.2 Å². The van der Waals surface area contributed by atoms with Crippen LogP contribution in [0.1, 0.15) is 50.8 Å². The lowest BCUT2D eigenvalue weighted by Crippen LogP contribution is -2.59. The smallest absolute Gasteiger partial charge is 0.318 e. The summed E-state index contributed by atoms with van der Waals surface area (Å²) in [6, 6.07) is 20.4. The van der Waals surface area contributed by atoms with Gasteiger partial charge in [0.2, 0.25) is 0 Å². The van der Waals surface area contributed by atoms with Crippen molar-refractivity contribution in [1.82, 2.24) is 10.2 Å².